The van der Waals surface area contributed by atoms with Gasteiger partial charge in [-0.1, -0.05) is 78.9 Å². The average Bonchev–Trinajstić information content (AvgIpc) is 2.76. The summed E-state index contributed by atoms with van der Waals surface area (Å²) < 4.78 is 0. The van der Waals surface area contributed by atoms with Gasteiger partial charge in [0.1, 0.15) is 0 Å². The Morgan fingerprint density at radius 3 is 1.93 bits per heavy atom. The Hall–Kier alpha value is -3.77. The molecule has 0 saturated carbocycles. The predicted molar refractivity (Wildman–Crippen MR) is 109 cm³/mol. The summed E-state index contributed by atoms with van der Waals surface area (Å²) in [6.45, 7) is 0.270. The lowest BCUT2D eigenvalue weighted by atomic mass is 9.85. The van der Waals surface area contributed by atoms with Crippen LogP contribution in [0, 0.1) is 0 Å². The molecule has 0 aliphatic carbocycles. The second kappa shape index (κ2) is 7.69. The number of amides is 4. The van der Waals surface area contributed by atoms with E-state index in [0.717, 1.165) is 10.5 Å². The number of nitrogens with zero attached hydrogens (tertiary/aromatic N) is 1. The quantitative estimate of drug-likeness (QED) is 0.662. The molecule has 3 aromatic carbocycles. The number of hydrogen-bond donors (Lipinski definition) is 2. The monoisotopic (exact) mass is 385 g/mol. The van der Waals surface area contributed by atoms with Crippen molar-refractivity contribution in [1.82, 2.24) is 10.6 Å². The fourth-order valence-electron chi connectivity index (χ4n) is 3.45. The zero-order chi connectivity index (χ0) is 20.3. The maximum Gasteiger partial charge on any atom is 0.335 e. The number of anilines is 1. The van der Waals surface area contributed by atoms with Crippen molar-refractivity contribution >= 4 is 23.5 Å². The molecule has 1 aliphatic rings. The largest absolute Gasteiger partial charge is 0.335 e. The lowest BCUT2D eigenvalue weighted by Crippen LogP contribution is -2.71. The molecule has 6 heteroatoms. The van der Waals surface area contributed by atoms with Gasteiger partial charge in [-0.25, -0.2) is 9.69 Å². The van der Waals surface area contributed by atoms with E-state index in [-0.39, 0.29) is 6.54 Å². The lowest BCUT2D eigenvalue weighted by molar-refractivity contribution is -0.138. The molecule has 0 radical (unpaired) electrons. The van der Waals surface area contributed by atoms with Crippen molar-refractivity contribution in [2.24, 2.45) is 0 Å². The number of hydrogen-bond acceptors (Lipinski definition) is 4. The van der Waals surface area contributed by atoms with Gasteiger partial charge in [0.05, 0.1) is 5.69 Å². The number of rotatable bonds is 5. The van der Waals surface area contributed by atoms with E-state index in [0.29, 0.717) is 11.3 Å². The molecule has 0 bridgehead atoms. The molecular weight excluding hydrogens is 366 g/mol. The molecule has 0 aromatic heterocycles. The molecule has 144 valence electrons. The maximum absolute atomic E-state index is 13.7. The standard InChI is InChI=1S/C23H19N3O3/c27-20-23(18-12-6-2-7-13-18,24-16-17-10-4-1-5-11-17)21(28)26(22(29)25-20)19-14-8-3-9-15-19/h1-15,24H,16H2,(H,25,27,29). The van der Waals surface area contributed by atoms with E-state index in [2.05, 4.69) is 10.6 Å². The fourth-order valence-corrected chi connectivity index (χ4v) is 3.45. The molecule has 1 heterocycles. The molecule has 1 unspecified atom stereocenters. The lowest BCUT2D eigenvalue weighted by Gasteiger charge is -2.40. The second-order valence-electron chi connectivity index (χ2n) is 6.69. The molecule has 1 atom stereocenters. The Morgan fingerprint density at radius 2 is 1.31 bits per heavy atom. The van der Waals surface area contributed by atoms with Gasteiger partial charge in [-0.05, 0) is 23.3 Å². The van der Waals surface area contributed by atoms with Crippen molar-refractivity contribution in [3.05, 3.63) is 102 Å². The van der Waals surface area contributed by atoms with Crippen LogP contribution in [0.2, 0.25) is 0 Å². The maximum atomic E-state index is 13.7. The van der Waals surface area contributed by atoms with Crippen LogP contribution in [0.15, 0.2) is 91.0 Å². The minimum absolute atomic E-state index is 0.270. The van der Waals surface area contributed by atoms with Gasteiger partial charge in [0.25, 0.3) is 11.8 Å². The van der Waals surface area contributed by atoms with Crippen molar-refractivity contribution < 1.29 is 14.4 Å². The molecule has 0 spiro atoms. The van der Waals surface area contributed by atoms with Crippen LogP contribution in [0.1, 0.15) is 11.1 Å². The molecule has 4 rings (SSSR count). The second-order valence-corrected chi connectivity index (χ2v) is 6.69. The first-order chi connectivity index (χ1) is 14.1. The SMILES string of the molecule is O=C1NC(=O)C(NCc2ccccc2)(c2ccccc2)C(=O)N1c1ccccc1. The minimum atomic E-state index is -1.74. The number of urea groups is 1. The summed E-state index contributed by atoms with van der Waals surface area (Å²) in [5, 5.41) is 5.48. The van der Waals surface area contributed by atoms with E-state index in [1.165, 1.54) is 0 Å². The molecule has 1 saturated heterocycles. The highest BCUT2D eigenvalue weighted by molar-refractivity contribution is 6.32. The third-order valence-electron chi connectivity index (χ3n) is 4.91. The van der Waals surface area contributed by atoms with Crippen LogP contribution in [0.5, 0.6) is 0 Å². The summed E-state index contributed by atoms with van der Waals surface area (Å²) in [4.78, 5) is 40.3. The summed E-state index contributed by atoms with van der Waals surface area (Å²) in [6, 6.07) is 26.0. The van der Waals surface area contributed by atoms with Gasteiger partial charge >= 0.3 is 6.03 Å². The summed E-state index contributed by atoms with van der Waals surface area (Å²) in [7, 11) is 0. The molecular formula is C23H19N3O3. The van der Waals surface area contributed by atoms with Crippen molar-refractivity contribution in [2.45, 2.75) is 12.1 Å². The first kappa shape index (κ1) is 18.6. The Bertz CT molecular complexity index is 1040. The van der Waals surface area contributed by atoms with Crippen molar-refractivity contribution in [3.63, 3.8) is 0 Å². The zero-order valence-corrected chi connectivity index (χ0v) is 15.5. The highest BCUT2D eigenvalue weighted by Crippen LogP contribution is 2.31. The summed E-state index contributed by atoms with van der Waals surface area (Å²) >= 11 is 0. The van der Waals surface area contributed by atoms with Crippen LogP contribution in [0.3, 0.4) is 0 Å². The fraction of sp³-hybridized carbons (Fsp3) is 0.0870. The number of barbiturate groups is 1. The number of carbonyl (C=O) groups excluding carboxylic acids is 3. The Labute approximate surface area is 168 Å². The van der Waals surface area contributed by atoms with Gasteiger partial charge in [-0.2, -0.15) is 0 Å². The third kappa shape index (κ3) is 3.30. The highest BCUT2D eigenvalue weighted by Gasteiger charge is 2.55. The van der Waals surface area contributed by atoms with Crippen LogP contribution < -0.4 is 15.5 Å². The minimum Gasteiger partial charge on any atom is -0.288 e. The Balaban J connectivity index is 1.80. The molecule has 1 fully saturated rings. The molecule has 1 aliphatic heterocycles. The number of nitrogens with one attached hydrogen (secondary N) is 2. The van der Waals surface area contributed by atoms with E-state index in [9.17, 15) is 14.4 Å². The highest BCUT2D eigenvalue weighted by atomic mass is 16.2. The smallest absolute Gasteiger partial charge is 0.288 e. The van der Waals surface area contributed by atoms with Crippen LogP contribution >= 0.6 is 0 Å². The average molecular weight is 385 g/mol. The van der Waals surface area contributed by atoms with Crippen molar-refractivity contribution in [2.75, 3.05) is 4.90 Å². The van der Waals surface area contributed by atoms with E-state index < -0.39 is 23.4 Å². The summed E-state index contributed by atoms with van der Waals surface area (Å²) in [5.74, 6) is -1.33. The van der Waals surface area contributed by atoms with Crippen LogP contribution in [0.4, 0.5) is 10.5 Å². The zero-order valence-electron chi connectivity index (χ0n) is 15.5. The molecule has 2 N–H and O–H groups in total. The molecule has 6 nitrogen and oxygen atoms in total. The third-order valence-corrected chi connectivity index (χ3v) is 4.91. The van der Waals surface area contributed by atoms with E-state index in [1.807, 2.05) is 30.3 Å². The van der Waals surface area contributed by atoms with Crippen molar-refractivity contribution in [1.29, 1.82) is 0 Å². The normalized spacial score (nSPS) is 19.2. The van der Waals surface area contributed by atoms with E-state index in [1.54, 1.807) is 60.7 Å². The van der Waals surface area contributed by atoms with Crippen molar-refractivity contribution in [3.8, 4) is 0 Å². The van der Waals surface area contributed by atoms with Crippen LogP contribution in [-0.2, 0) is 21.7 Å². The van der Waals surface area contributed by atoms with Gasteiger partial charge in [0.15, 0.2) is 0 Å². The number of imide groups is 2. The topological polar surface area (TPSA) is 78.5 Å². The van der Waals surface area contributed by atoms with E-state index in [4.69, 9.17) is 0 Å². The summed E-state index contributed by atoms with van der Waals surface area (Å²) in [5.41, 5.74) is 0.0312. The molecule has 4 amide bonds. The number of benzene rings is 3. The Kier molecular flexibility index (Phi) is 4.93. The van der Waals surface area contributed by atoms with E-state index >= 15 is 0 Å². The van der Waals surface area contributed by atoms with Gasteiger partial charge in [0.2, 0.25) is 5.54 Å². The first-order valence-electron chi connectivity index (χ1n) is 9.22. The molecule has 3 aromatic rings. The number of carbonyl (C=O) groups is 3. The predicted octanol–water partition coefficient (Wildman–Crippen LogP) is 2.95. The Morgan fingerprint density at radius 1 is 0.759 bits per heavy atom. The number of para-hydroxylation sites is 1. The van der Waals surface area contributed by atoms with Gasteiger partial charge in [-0.15, -0.1) is 0 Å². The van der Waals surface area contributed by atoms with Gasteiger partial charge in [-0.3, -0.25) is 20.2 Å². The summed E-state index contributed by atoms with van der Waals surface area (Å²) in [6.07, 6.45) is 0. The molecule has 29 heavy (non-hydrogen) atoms. The first-order valence-corrected chi connectivity index (χ1v) is 9.22. The van der Waals surface area contributed by atoms with Crippen LogP contribution in [-0.4, -0.2) is 17.8 Å². The van der Waals surface area contributed by atoms with Gasteiger partial charge in [0, 0.05) is 6.54 Å². The van der Waals surface area contributed by atoms with Crippen LogP contribution in [0.25, 0.3) is 0 Å². The van der Waals surface area contributed by atoms with Gasteiger partial charge < -0.3 is 0 Å².